The zero-order valence-electron chi connectivity index (χ0n) is 18.0. The van der Waals surface area contributed by atoms with Crippen LogP contribution in [0.5, 0.6) is 0 Å². The van der Waals surface area contributed by atoms with Gasteiger partial charge in [0.2, 0.25) is 0 Å². The molecule has 0 saturated heterocycles. The van der Waals surface area contributed by atoms with Crippen molar-refractivity contribution in [3.8, 4) is 0 Å². The number of aromatic amines is 1. The standard InChI is InChI=1S/C24H28N2O4S/c1-4-16-8-9-22-20(10-16)21-11-17-6-5-7-18(19(17)12-23(21)26-22)13-25-24(2,14-27)15-30-31(3,28)29/h5-12,25-27H,4,13-15H2,1-3H3. The molecule has 1 atom stereocenters. The second kappa shape index (κ2) is 8.24. The molecule has 0 bridgehead atoms. The minimum atomic E-state index is -3.58. The lowest BCUT2D eigenvalue weighted by Gasteiger charge is -2.28. The minimum absolute atomic E-state index is 0.140. The fourth-order valence-corrected chi connectivity index (χ4v) is 4.33. The van der Waals surface area contributed by atoms with E-state index in [4.69, 9.17) is 4.18 Å². The molecule has 3 aromatic carbocycles. The van der Waals surface area contributed by atoms with Gasteiger partial charge in [0, 0.05) is 28.4 Å². The number of nitrogens with one attached hydrogen (secondary N) is 2. The molecule has 1 unspecified atom stereocenters. The molecule has 164 valence electrons. The topological polar surface area (TPSA) is 91.4 Å². The molecule has 0 spiro atoms. The van der Waals surface area contributed by atoms with E-state index in [-0.39, 0.29) is 13.2 Å². The molecule has 0 saturated carbocycles. The molecule has 0 aliphatic rings. The van der Waals surface area contributed by atoms with Crippen molar-refractivity contribution in [1.82, 2.24) is 10.3 Å². The smallest absolute Gasteiger partial charge is 0.264 e. The molecule has 31 heavy (non-hydrogen) atoms. The lowest BCUT2D eigenvalue weighted by atomic mass is 9.99. The van der Waals surface area contributed by atoms with Gasteiger partial charge in [-0.2, -0.15) is 8.42 Å². The minimum Gasteiger partial charge on any atom is -0.394 e. The Morgan fingerprint density at radius 3 is 2.55 bits per heavy atom. The Labute approximate surface area is 182 Å². The lowest BCUT2D eigenvalue weighted by Crippen LogP contribution is -2.49. The summed E-state index contributed by atoms with van der Waals surface area (Å²) < 4.78 is 27.6. The van der Waals surface area contributed by atoms with Crippen molar-refractivity contribution in [2.45, 2.75) is 32.4 Å². The highest BCUT2D eigenvalue weighted by Gasteiger charge is 2.25. The number of aryl methyl sites for hydroxylation is 1. The van der Waals surface area contributed by atoms with Gasteiger partial charge in [-0.15, -0.1) is 0 Å². The maximum absolute atomic E-state index is 11.3. The highest BCUT2D eigenvalue weighted by atomic mass is 32.2. The molecule has 0 radical (unpaired) electrons. The summed E-state index contributed by atoms with van der Waals surface area (Å²) >= 11 is 0. The average Bonchev–Trinajstić information content (AvgIpc) is 3.11. The molecule has 3 N–H and O–H groups in total. The number of benzene rings is 3. The van der Waals surface area contributed by atoms with Crippen LogP contribution in [-0.2, 0) is 27.3 Å². The van der Waals surface area contributed by atoms with Crippen LogP contribution in [-0.4, -0.2) is 43.5 Å². The van der Waals surface area contributed by atoms with E-state index in [1.165, 1.54) is 16.3 Å². The average molecular weight is 441 g/mol. The molecule has 0 amide bonds. The summed E-state index contributed by atoms with van der Waals surface area (Å²) in [6, 6.07) is 17.1. The number of hydrogen-bond acceptors (Lipinski definition) is 5. The van der Waals surface area contributed by atoms with Gasteiger partial charge in [-0.3, -0.25) is 4.18 Å². The first-order chi connectivity index (χ1) is 14.7. The van der Waals surface area contributed by atoms with Crippen LogP contribution >= 0.6 is 0 Å². The van der Waals surface area contributed by atoms with Gasteiger partial charge in [0.25, 0.3) is 10.1 Å². The lowest BCUT2D eigenvalue weighted by molar-refractivity contribution is 0.118. The van der Waals surface area contributed by atoms with E-state index in [1.807, 2.05) is 12.1 Å². The molecular weight excluding hydrogens is 412 g/mol. The number of aromatic nitrogens is 1. The van der Waals surface area contributed by atoms with E-state index in [0.717, 1.165) is 40.0 Å². The molecular formula is C24H28N2O4S. The molecule has 4 rings (SSSR count). The Kier molecular flexibility index (Phi) is 5.79. The predicted molar refractivity (Wildman–Crippen MR) is 126 cm³/mol. The number of hydrogen-bond donors (Lipinski definition) is 3. The molecule has 6 nitrogen and oxygen atoms in total. The van der Waals surface area contributed by atoms with Gasteiger partial charge in [0.1, 0.15) is 0 Å². The molecule has 0 aliphatic carbocycles. The Balaban J connectivity index is 1.69. The summed E-state index contributed by atoms with van der Waals surface area (Å²) in [6.45, 7) is 3.97. The molecule has 0 fully saturated rings. The largest absolute Gasteiger partial charge is 0.394 e. The van der Waals surface area contributed by atoms with E-state index in [0.29, 0.717) is 6.54 Å². The van der Waals surface area contributed by atoms with E-state index < -0.39 is 15.7 Å². The zero-order valence-corrected chi connectivity index (χ0v) is 18.8. The first kappa shape index (κ1) is 21.8. The predicted octanol–water partition coefficient (Wildman–Crippen LogP) is 3.85. The van der Waals surface area contributed by atoms with E-state index in [9.17, 15) is 13.5 Å². The van der Waals surface area contributed by atoms with Crippen LogP contribution in [0.25, 0.3) is 32.6 Å². The number of fused-ring (bicyclic) bond motifs is 4. The van der Waals surface area contributed by atoms with Gasteiger partial charge >= 0.3 is 0 Å². The van der Waals surface area contributed by atoms with Crippen molar-refractivity contribution in [2.75, 3.05) is 19.5 Å². The first-order valence-corrected chi connectivity index (χ1v) is 12.2. The molecule has 0 aliphatic heterocycles. The number of aliphatic hydroxyl groups is 1. The number of H-pyrrole nitrogens is 1. The van der Waals surface area contributed by atoms with Crippen LogP contribution in [0.3, 0.4) is 0 Å². The zero-order chi connectivity index (χ0) is 22.2. The van der Waals surface area contributed by atoms with Gasteiger partial charge in [-0.25, -0.2) is 0 Å². The van der Waals surface area contributed by atoms with Crippen molar-refractivity contribution < 1.29 is 17.7 Å². The third-order valence-electron chi connectivity index (χ3n) is 5.81. The Bertz CT molecular complexity index is 1360. The van der Waals surface area contributed by atoms with Gasteiger partial charge in [-0.05, 0) is 59.5 Å². The molecule has 1 heterocycles. The number of aliphatic hydroxyl groups excluding tert-OH is 1. The molecule has 1 aromatic heterocycles. The summed E-state index contributed by atoms with van der Waals surface area (Å²) in [5.74, 6) is 0. The first-order valence-electron chi connectivity index (χ1n) is 10.4. The highest BCUT2D eigenvalue weighted by molar-refractivity contribution is 7.85. The summed E-state index contributed by atoms with van der Waals surface area (Å²) in [6.07, 6.45) is 2.00. The van der Waals surface area contributed by atoms with E-state index in [2.05, 4.69) is 53.6 Å². The van der Waals surface area contributed by atoms with Crippen molar-refractivity contribution in [1.29, 1.82) is 0 Å². The summed E-state index contributed by atoms with van der Waals surface area (Å²) in [4.78, 5) is 3.52. The van der Waals surface area contributed by atoms with E-state index in [1.54, 1.807) is 6.92 Å². The van der Waals surface area contributed by atoms with Gasteiger partial charge in [0.15, 0.2) is 0 Å². The van der Waals surface area contributed by atoms with Gasteiger partial charge < -0.3 is 15.4 Å². The van der Waals surface area contributed by atoms with Crippen LogP contribution in [0, 0.1) is 0 Å². The normalized spacial score (nSPS) is 14.5. The maximum atomic E-state index is 11.3. The second-order valence-corrected chi connectivity index (χ2v) is 10.1. The number of rotatable bonds is 8. The van der Waals surface area contributed by atoms with Crippen LogP contribution in [0.15, 0.2) is 48.5 Å². The second-order valence-electron chi connectivity index (χ2n) is 8.43. The Hall–Kier alpha value is -2.45. The third-order valence-corrected chi connectivity index (χ3v) is 6.35. The highest BCUT2D eigenvalue weighted by Crippen LogP contribution is 2.31. The monoisotopic (exact) mass is 440 g/mol. The van der Waals surface area contributed by atoms with Crippen molar-refractivity contribution in [3.63, 3.8) is 0 Å². The molecule has 7 heteroatoms. The van der Waals surface area contributed by atoms with Gasteiger partial charge in [-0.1, -0.05) is 31.2 Å². The van der Waals surface area contributed by atoms with Crippen LogP contribution < -0.4 is 5.32 Å². The summed E-state index contributed by atoms with van der Waals surface area (Å²) in [7, 11) is -3.58. The summed E-state index contributed by atoms with van der Waals surface area (Å²) in [5.41, 5.74) is 3.69. The quantitative estimate of drug-likeness (QED) is 0.362. The Morgan fingerprint density at radius 2 is 1.84 bits per heavy atom. The van der Waals surface area contributed by atoms with Crippen molar-refractivity contribution in [2.24, 2.45) is 0 Å². The van der Waals surface area contributed by atoms with Crippen LogP contribution in [0.2, 0.25) is 0 Å². The van der Waals surface area contributed by atoms with Crippen molar-refractivity contribution in [3.05, 3.63) is 59.7 Å². The fraction of sp³-hybridized carbons (Fsp3) is 0.333. The van der Waals surface area contributed by atoms with E-state index >= 15 is 0 Å². The van der Waals surface area contributed by atoms with Crippen molar-refractivity contribution >= 4 is 42.7 Å². The third kappa shape index (κ3) is 4.60. The Morgan fingerprint density at radius 1 is 1.06 bits per heavy atom. The molecule has 4 aromatic rings. The van der Waals surface area contributed by atoms with Crippen LogP contribution in [0.4, 0.5) is 0 Å². The van der Waals surface area contributed by atoms with Crippen LogP contribution in [0.1, 0.15) is 25.0 Å². The SMILES string of the molecule is CCc1ccc2[nH]c3cc4c(CNC(C)(CO)COS(C)(=O)=O)cccc4cc3c2c1. The fourth-order valence-electron chi connectivity index (χ4n) is 3.86. The summed E-state index contributed by atoms with van der Waals surface area (Å²) in [5, 5.41) is 17.7. The van der Waals surface area contributed by atoms with Gasteiger partial charge in [0.05, 0.1) is 25.0 Å². The maximum Gasteiger partial charge on any atom is 0.264 e.